The maximum Gasteiger partial charge on any atom is 0.338 e. The first kappa shape index (κ1) is 14.0. The normalized spacial score (nSPS) is 11.7. The molecule has 0 saturated heterocycles. The molecular weight excluding hydrogens is 228 g/mol. The molecule has 0 bridgehead atoms. The summed E-state index contributed by atoms with van der Waals surface area (Å²) in [6.45, 7) is 5.43. The van der Waals surface area contributed by atoms with E-state index in [4.69, 9.17) is 9.47 Å². The van der Waals surface area contributed by atoms with Crippen LogP contribution in [0.3, 0.4) is 0 Å². The quantitative estimate of drug-likeness (QED) is 0.462. The summed E-state index contributed by atoms with van der Waals surface area (Å²) in [4.78, 5) is 11.7. The molecule has 1 rings (SSSR count). The first-order valence-corrected chi connectivity index (χ1v) is 5.78. The van der Waals surface area contributed by atoms with Crippen molar-refractivity contribution in [2.24, 2.45) is 0 Å². The fourth-order valence-electron chi connectivity index (χ4n) is 1.35. The number of carbonyl (C=O) groups excluding carboxylic acids is 1. The van der Waals surface area contributed by atoms with Crippen molar-refractivity contribution >= 4 is 12.0 Å². The van der Waals surface area contributed by atoms with Gasteiger partial charge in [0.05, 0.1) is 7.11 Å². The van der Waals surface area contributed by atoms with E-state index in [0.717, 1.165) is 11.3 Å². The van der Waals surface area contributed by atoms with E-state index in [1.807, 2.05) is 25.1 Å². The summed E-state index contributed by atoms with van der Waals surface area (Å²) in [6, 6.07) is 5.32. The van der Waals surface area contributed by atoms with Gasteiger partial charge in [0.2, 0.25) is 0 Å². The van der Waals surface area contributed by atoms with Gasteiger partial charge in [0.15, 0.2) is 0 Å². The van der Waals surface area contributed by atoms with Crippen LogP contribution in [-0.2, 0) is 4.79 Å². The maximum absolute atomic E-state index is 11.7. The van der Waals surface area contributed by atoms with E-state index < -0.39 is 0 Å². The third-order valence-electron chi connectivity index (χ3n) is 2.52. The first-order valence-electron chi connectivity index (χ1n) is 5.78. The van der Waals surface area contributed by atoms with Crippen LogP contribution in [0.25, 0.3) is 6.08 Å². The third-order valence-corrected chi connectivity index (χ3v) is 2.52. The van der Waals surface area contributed by atoms with Crippen molar-refractivity contribution in [2.45, 2.75) is 20.8 Å². The Morgan fingerprint density at radius 3 is 2.56 bits per heavy atom. The number of benzene rings is 1. The molecule has 1 aromatic rings. The Hall–Kier alpha value is -2.03. The number of hydrogen-bond donors (Lipinski definition) is 0. The molecule has 1 aromatic carbocycles. The first-order chi connectivity index (χ1) is 8.62. The van der Waals surface area contributed by atoms with Crippen LogP contribution in [0.1, 0.15) is 26.3 Å². The minimum absolute atomic E-state index is 0.339. The number of rotatable bonds is 4. The lowest BCUT2D eigenvalue weighted by Crippen LogP contribution is -2.09. The molecule has 96 valence electrons. The topological polar surface area (TPSA) is 35.5 Å². The van der Waals surface area contributed by atoms with Crippen molar-refractivity contribution in [3.05, 3.63) is 41.5 Å². The van der Waals surface area contributed by atoms with Gasteiger partial charge in [-0.15, -0.1) is 0 Å². The van der Waals surface area contributed by atoms with Crippen LogP contribution < -0.4 is 9.47 Å². The van der Waals surface area contributed by atoms with E-state index in [9.17, 15) is 4.79 Å². The average Bonchev–Trinajstić information content (AvgIpc) is 2.39. The molecule has 0 aromatic heterocycles. The average molecular weight is 246 g/mol. The van der Waals surface area contributed by atoms with E-state index in [2.05, 4.69) is 0 Å². The van der Waals surface area contributed by atoms with E-state index in [-0.39, 0.29) is 5.97 Å². The second-order valence-electron chi connectivity index (χ2n) is 3.76. The molecule has 0 aliphatic heterocycles. The van der Waals surface area contributed by atoms with Crippen molar-refractivity contribution in [3.63, 3.8) is 0 Å². The lowest BCUT2D eigenvalue weighted by atomic mass is 10.1. The molecule has 0 amide bonds. The second kappa shape index (κ2) is 6.64. The van der Waals surface area contributed by atoms with Gasteiger partial charge in [-0.2, -0.15) is 0 Å². The smallest absolute Gasteiger partial charge is 0.338 e. The molecule has 0 saturated carbocycles. The van der Waals surface area contributed by atoms with Crippen LogP contribution in [0, 0.1) is 0 Å². The fourth-order valence-corrected chi connectivity index (χ4v) is 1.35. The molecular formula is C15H18O3. The highest BCUT2D eigenvalue weighted by Crippen LogP contribution is 2.26. The number of esters is 1. The van der Waals surface area contributed by atoms with Gasteiger partial charge in [-0.05, 0) is 39.0 Å². The highest BCUT2D eigenvalue weighted by atomic mass is 16.5. The number of allylic oxidation sites excluding steroid dienone is 2. The van der Waals surface area contributed by atoms with Crippen LogP contribution >= 0.6 is 0 Å². The minimum Gasteiger partial charge on any atom is -0.497 e. The Morgan fingerprint density at radius 2 is 2.00 bits per heavy atom. The van der Waals surface area contributed by atoms with Crippen molar-refractivity contribution in [3.8, 4) is 11.5 Å². The minimum atomic E-state index is -0.339. The maximum atomic E-state index is 11.7. The summed E-state index contributed by atoms with van der Waals surface area (Å²) in [5.41, 5.74) is 1.39. The van der Waals surface area contributed by atoms with Gasteiger partial charge >= 0.3 is 5.97 Å². The molecule has 0 N–H and O–H groups in total. The Morgan fingerprint density at radius 1 is 1.28 bits per heavy atom. The van der Waals surface area contributed by atoms with Gasteiger partial charge in [0.1, 0.15) is 11.5 Å². The van der Waals surface area contributed by atoms with E-state index in [1.54, 1.807) is 39.2 Å². The van der Waals surface area contributed by atoms with Gasteiger partial charge in [0, 0.05) is 11.1 Å². The number of ether oxygens (including phenoxy) is 2. The van der Waals surface area contributed by atoms with Gasteiger partial charge in [-0.25, -0.2) is 4.79 Å². The standard InChI is InChI=1S/C15H18O3/c1-5-7-12-10-13(17-4)8-9-14(12)18-15(16)11(3)6-2/h5-10H,1-4H3/b7-5+,11-6-. The van der Waals surface area contributed by atoms with Gasteiger partial charge in [0.25, 0.3) is 0 Å². The summed E-state index contributed by atoms with van der Waals surface area (Å²) in [7, 11) is 1.60. The molecule has 0 spiro atoms. The van der Waals surface area contributed by atoms with Crippen molar-refractivity contribution in [1.29, 1.82) is 0 Å². The zero-order valence-corrected chi connectivity index (χ0v) is 11.2. The Kier molecular flexibility index (Phi) is 5.18. The SMILES string of the molecule is C/C=C(/C)C(=O)Oc1ccc(OC)cc1/C=C/C. The molecule has 3 nitrogen and oxygen atoms in total. The van der Waals surface area contributed by atoms with E-state index >= 15 is 0 Å². The predicted octanol–water partition coefficient (Wildman–Crippen LogP) is 3.60. The predicted molar refractivity (Wildman–Crippen MR) is 72.8 cm³/mol. The molecule has 0 aliphatic rings. The highest BCUT2D eigenvalue weighted by molar-refractivity contribution is 5.90. The van der Waals surface area contributed by atoms with Gasteiger partial charge in [-0.1, -0.05) is 18.2 Å². The molecule has 3 heteroatoms. The number of methoxy groups -OCH3 is 1. The molecule has 0 radical (unpaired) electrons. The molecule has 0 unspecified atom stereocenters. The summed E-state index contributed by atoms with van der Waals surface area (Å²) in [5, 5.41) is 0. The van der Waals surface area contributed by atoms with Crippen LogP contribution in [0.15, 0.2) is 35.9 Å². The van der Waals surface area contributed by atoms with Crippen molar-refractivity contribution in [2.75, 3.05) is 7.11 Å². The largest absolute Gasteiger partial charge is 0.497 e. The zero-order chi connectivity index (χ0) is 13.5. The lowest BCUT2D eigenvalue weighted by molar-refractivity contribution is -0.130. The summed E-state index contributed by atoms with van der Waals surface area (Å²) in [5.74, 6) is 0.916. The van der Waals surface area contributed by atoms with Crippen LogP contribution in [0.5, 0.6) is 11.5 Å². The molecule has 18 heavy (non-hydrogen) atoms. The summed E-state index contributed by atoms with van der Waals surface area (Å²) in [6.07, 6.45) is 5.48. The monoisotopic (exact) mass is 246 g/mol. The van der Waals surface area contributed by atoms with Crippen LogP contribution in [0.4, 0.5) is 0 Å². The van der Waals surface area contributed by atoms with Gasteiger partial charge < -0.3 is 9.47 Å². The lowest BCUT2D eigenvalue weighted by Gasteiger charge is -2.09. The van der Waals surface area contributed by atoms with Crippen LogP contribution in [0.2, 0.25) is 0 Å². The molecule has 0 heterocycles. The summed E-state index contributed by atoms with van der Waals surface area (Å²) < 4.78 is 10.5. The van der Waals surface area contributed by atoms with E-state index in [0.29, 0.717) is 11.3 Å². The third kappa shape index (κ3) is 3.48. The molecule has 0 aliphatic carbocycles. The highest BCUT2D eigenvalue weighted by Gasteiger charge is 2.10. The van der Waals surface area contributed by atoms with E-state index in [1.165, 1.54) is 0 Å². The van der Waals surface area contributed by atoms with Crippen molar-refractivity contribution in [1.82, 2.24) is 0 Å². The fraction of sp³-hybridized carbons (Fsp3) is 0.267. The van der Waals surface area contributed by atoms with Gasteiger partial charge in [-0.3, -0.25) is 0 Å². The van der Waals surface area contributed by atoms with Crippen LogP contribution in [-0.4, -0.2) is 13.1 Å². The zero-order valence-electron chi connectivity index (χ0n) is 11.2. The molecule has 0 fully saturated rings. The number of carbonyl (C=O) groups is 1. The Balaban J connectivity index is 3.05. The van der Waals surface area contributed by atoms with Crippen molar-refractivity contribution < 1.29 is 14.3 Å². The summed E-state index contributed by atoms with van der Waals surface area (Å²) >= 11 is 0. The second-order valence-corrected chi connectivity index (χ2v) is 3.76. The number of hydrogen-bond acceptors (Lipinski definition) is 3. The molecule has 0 atom stereocenters. The Bertz CT molecular complexity index is 485. The Labute approximate surface area is 108 Å².